The number of hydrogen-bond acceptors (Lipinski definition) is 4. The smallest absolute Gasteiger partial charge is 0.239 e. The molecule has 0 aromatic carbocycles. The first-order valence-corrected chi connectivity index (χ1v) is 7.71. The van der Waals surface area contributed by atoms with Crippen molar-refractivity contribution in [1.82, 2.24) is 4.98 Å². The van der Waals surface area contributed by atoms with Gasteiger partial charge < -0.3 is 15.8 Å². The van der Waals surface area contributed by atoms with E-state index in [1.165, 1.54) is 25.7 Å². The molecule has 4 heteroatoms. The molecule has 1 aromatic rings. The van der Waals surface area contributed by atoms with Crippen LogP contribution in [0.5, 0.6) is 5.88 Å². The molecule has 0 bridgehead atoms. The van der Waals surface area contributed by atoms with E-state index in [0.717, 1.165) is 24.2 Å². The molecule has 1 aromatic heterocycles. The Hall–Kier alpha value is -1.45. The van der Waals surface area contributed by atoms with Crippen molar-refractivity contribution in [3.63, 3.8) is 0 Å². The second-order valence-corrected chi connectivity index (χ2v) is 6.28. The SMILES string of the molecule is CC1CCCC(CNc2ccc(N)c(OC(C)C)n2)C1. The van der Waals surface area contributed by atoms with Crippen LogP contribution in [0.2, 0.25) is 0 Å². The van der Waals surface area contributed by atoms with Gasteiger partial charge in [-0.2, -0.15) is 4.98 Å². The summed E-state index contributed by atoms with van der Waals surface area (Å²) in [7, 11) is 0. The van der Waals surface area contributed by atoms with E-state index in [-0.39, 0.29) is 6.10 Å². The van der Waals surface area contributed by atoms with Crippen molar-refractivity contribution < 1.29 is 4.74 Å². The molecule has 1 aliphatic rings. The lowest BCUT2D eigenvalue weighted by Crippen LogP contribution is -2.21. The van der Waals surface area contributed by atoms with Crippen LogP contribution in [0.15, 0.2) is 12.1 Å². The van der Waals surface area contributed by atoms with Crippen LogP contribution >= 0.6 is 0 Å². The maximum absolute atomic E-state index is 5.88. The molecule has 1 fully saturated rings. The molecule has 20 heavy (non-hydrogen) atoms. The number of nitrogens with two attached hydrogens (primary N) is 1. The number of aromatic nitrogens is 1. The second kappa shape index (κ2) is 6.82. The third kappa shape index (κ3) is 4.29. The number of rotatable bonds is 5. The van der Waals surface area contributed by atoms with Crippen LogP contribution in [0.4, 0.5) is 11.5 Å². The van der Waals surface area contributed by atoms with E-state index < -0.39 is 0 Å². The van der Waals surface area contributed by atoms with Gasteiger partial charge in [-0.25, -0.2) is 0 Å². The molecule has 1 aliphatic carbocycles. The molecule has 0 radical (unpaired) electrons. The highest BCUT2D eigenvalue weighted by molar-refractivity contribution is 5.53. The van der Waals surface area contributed by atoms with E-state index in [4.69, 9.17) is 10.5 Å². The summed E-state index contributed by atoms with van der Waals surface area (Å²) >= 11 is 0. The second-order valence-electron chi connectivity index (χ2n) is 6.28. The highest BCUT2D eigenvalue weighted by atomic mass is 16.5. The highest BCUT2D eigenvalue weighted by Crippen LogP contribution is 2.29. The maximum atomic E-state index is 5.88. The van der Waals surface area contributed by atoms with Crippen molar-refractivity contribution in [3.05, 3.63) is 12.1 Å². The zero-order valence-electron chi connectivity index (χ0n) is 12.9. The third-order valence-electron chi connectivity index (χ3n) is 3.85. The van der Waals surface area contributed by atoms with Crippen molar-refractivity contribution in [2.75, 3.05) is 17.6 Å². The van der Waals surface area contributed by atoms with Gasteiger partial charge in [-0.3, -0.25) is 0 Å². The number of hydrogen-bond donors (Lipinski definition) is 2. The van der Waals surface area contributed by atoms with Crippen molar-refractivity contribution >= 4 is 11.5 Å². The van der Waals surface area contributed by atoms with Crippen LogP contribution in [0, 0.1) is 11.8 Å². The Kier molecular flexibility index (Phi) is 5.10. The van der Waals surface area contributed by atoms with Gasteiger partial charge in [0.1, 0.15) is 5.82 Å². The van der Waals surface area contributed by atoms with E-state index in [1.54, 1.807) is 0 Å². The molecular weight excluding hydrogens is 250 g/mol. The summed E-state index contributed by atoms with van der Waals surface area (Å²) in [6.07, 6.45) is 5.45. The van der Waals surface area contributed by atoms with E-state index in [9.17, 15) is 0 Å². The van der Waals surface area contributed by atoms with Crippen molar-refractivity contribution in [3.8, 4) is 5.88 Å². The fourth-order valence-electron chi connectivity index (χ4n) is 2.86. The van der Waals surface area contributed by atoms with Gasteiger partial charge in [0.2, 0.25) is 5.88 Å². The monoisotopic (exact) mass is 277 g/mol. The predicted molar refractivity (Wildman–Crippen MR) is 84.0 cm³/mol. The molecule has 1 saturated carbocycles. The third-order valence-corrected chi connectivity index (χ3v) is 3.85. The molecular formula is C16H27N3O. The summed E-state index contributed by atoms with van der Waals surface area (Å²) in [6.45, 7) is 7.29. The molecule has 3 N–H and O–H groups in total. The van der Waals surface area contributed by atoms with E-state index in [1.807, 2.05) is 26.0 Å². The lowest BCUT2D eigenvalue weighted by atomic mass is 9.82. The Morgan fingerprint density at radius 2 is 2.20 bits per heavy atom. The Morgan fingerprint density at radius 1 is 1.40 bits per heavy atom. The number of anilines is 2. The minimum atomic E-state index is 0.0826. The van der Waals surface area contributed by atoms with Crippen LogP contribution in [0.3, 0.4) is 0 Å². The summed E-state index contributed by atoms with van der Waals surface area (Å²) in [5.41, 5.74) is 6.47. The fourth-order valence-corrected chi connectivity index (χ4v) is 2.86. The van der Waals surface area contributed by atoms with Gasteiger partial charge in [0.15, 0.2) is 0 Å². The van der Waals surface area contributed by atoms with Crippen molar-refractivity contribution in [1.29, 1.82) is 0 Å². The van der Waals surface area contributed by atoms with Gasteiger partial charge in [0.05, 0.1) is 11.8 Å². The zero-order valence-corrected chi connectivity index (χ0v) is 12.9. The van der Waals surface area contributed by atoms with Crippen LogP contribution in [0.25, 0.3) is 0 Å². The van der Waals surface area contributed by atoms with Gasteiger partial charge in [-0.15, -0.1) is 0 Å². The minimum absolute atomic E-state index is 0.0826. The van der Waals surface area contributed by atoms with Gasteiger partial charge in [0, 0.05) is 6.54 Å². The van der Waals surface area contributed by atoms with E-state index >= 15 is 0 Å². The average molecular weight is 277 g/mol. The largest absolute Gasteiger partial charge is 0.473 e. The normalized spacial score (nSPS) is 22.8. The fraction of sp³-hybridized carbons (Fsp3) is 0.688. The Morgan fingerprint density at radius 3 is 2.90 bits per heavy atom. The summed E-state index contributed by atoms with van der Waals surface area (Å²) in [5.74, 6) is 3.00. The number of nitrogens with zero attached hydrogens (tertiary/aromatic N) is 1. The van der Waals surface area contributed by atoms with Crippen molar-refractivity contribution in [2.45, 2.75) is 52.6 Å². The zero-order chi connectivity index (χ0) is 14.5. The van der Waals surface area contributed by atoms with Gasteiger partial charge in [0.25, 0.3) is 0 Å². The van der Waals surface area contributed by atoms with Gasteiger partial charge >= 0.3 is 0 Å². The van der Waals surface area contributed by atoms with E-state index in [0.29, 0.717) is 11.6 Å². The molecule has 1 heterocycles. The summed E-state index contributed by atoms with van der Waals surface area (Å²) in [5, 5.41) is 3.43. The number of pyridine rings is 1. The van der Waals surface area contributed by atoms with Gasteiger partial charge in [-0.1, -0.05) is 19.8 Å². The number of ether oxygens (including phenoxy) is 1. The summed E-state index contributed by atoms with van der Waals surface area (Å²) < 4.78 is 5.62. The first-order chi connectivity index (χ1) is 9.54. The lowest BCUT2D eigenvalue weighted by Gasteiger charge is -2.27. The molecule has 0 amide bonds. The lowest BCUT2D eigenvalue weighted by molar-refractivity contribution is 0.234. The average Bonchev–Trinajstić information content (AvgIpc) is 2.39. The van der Waals surface area contributed by atoms with E-state index in [2.05, 4.69) is 17.2 Å². The topological polar surface area (TPSA) is 60.2 Å². The Labute approximate surface area is 122 Å². The van der Waals surface area contributed by atoms with Crippen LogP contribution in [0.1, 0.15) is 46.5 Å². The number of nitrogens with one attached hydrogen (secondary N) is 1. The van der Waals surface area contributed by atoms with Crippen LogP contribution in [-0.4, -0.2) is 17.6 Å². The summed E-state index contributed by atoms with van der Waals surface area (Å²) in [6, 6.07) is 3.78. The molecule has 2 atom stereocenters. The Bertz CT molecular complexity index is 434. The molecule has 112 valence electrons. The maximum Gasteiger partial charge on any atom is 0.239 e. The molecule has 4 nitrogen and oxygen atoms in total. The van der Waals surface area contributed by atoms with Crippen molar-refractivity contribution in [2.24, 2.45) is 11.8 Å². The van der Waals surface area contributed by atoms with Crippen LogP contribution < -0.4 is 15.8 Å². The van der Waals surface area contributed by atoms with Gasteiger partial charge in [-0.05, 0) is 50.7 Å². The van der Waals surface area contributed by atoms with Crippen LogP contribution in [-0.2, 0) is 0 Å². The molecule has 0 spiro atoms. The molecule has 0 aliphatic heterocycles. The molecule has 0 saturated heterocycles. The predicted octanol–water partition coefficient (Wildman–Crippen LogP) is 3.69. The molecule has 2 unspecified atom stereocenters. The quantitative estimate of drug-likeness (QED) is 0.861. The summed E-state index contributed by atoms with van der Waals surface area (Å²) in [4.78, 5) is 4.46. The highest BCUT2D eigenvalue weighted by Gasteiger charge is 2.18. The number of nitrogen functional groups attached to an aromatic ring is 1. The Balaban J connectivity index is 1.92. The minimum Gasteiger partial charge on any atom is -0.473 e. The first-order valence-electron chi connectivity index (χ1n) is 7.71. The standard InChI is InChI=1S/C16H27N3O/c1-11(2)20-16-14(17)7-8-15(19-16)18-10-13-6-4-5-12(3)9-13/h7-8,11-13H,4-6,9-10,17H2,1-3H3,(H,18,19). The molecule has 2 rings (SSSR count). The first kappa shape index (κ1) is 14.9.